The number of halogens is 3. The molecule has 6 aromatic rings. The third-order valence-electron chi connectivity index (χ3n) is 8.21. The first-order valence-electron chi connectivity index (χ1n) is 14.9. The van der Waals surface area contributed by atoms with Gasteiger partial charge >= 0.3 is 27.2 Å². The van der Waals surface area contributed by atoms with Gasteiger partial charge in [0.25, 0.3) is 0 Å². The monoisotopic (exact) mass is 809 g/mol. The van der Waals surface area contributed by atoms with Gasteiger partial charge in [-0.3, -0.25) is 0 Å². The zero-order chi connectivity index (χ0) is 32.2. The average molecular weight is 810 g/mol. The van der Waals surface area contributed by atoms with Gasteiger partial charge in [-0.05, 0) is 46.8 Å². The van der Waals surface area contributed by atoms with E-state index in [1.807, 2.05) is 86.6 Å². The molecule has 7 rings (SSSR count). The first kappa shape index (κ1) is 32.5. The van der Waals surface area contributed by atoms with Crippen LogP contribution < -0.4 is 9.47 Å². The van der Waals surface area contributed by atoms with Crippen molar-refractivity contribution < 1.29 is 43.7 Å². The van der Waals surface area contributed by atoms with Crippen LogP contribution in [0, 0.1) is 31.4 Å². The summed E-state index contributed by atoms with van der Waals surface area (Å²) in [5.41, 5.74) is 5.18. The van der Waals surface area contributed by atoms with Crippen molar-refractivity contribution in [3.05, 3.63) is 120 Å². The van der Waals surface area contributed by atoms with Crippen molar-refractivity contribution in [3.8, 4) is 56.6 Å². The van der Waals surface area contributed by atoms with E-state index in [2.05, 4.69) is 17.1 Å². The summed E-state index contributed by atoms with van der Waals surface area (Å²) in [6.45, 7) is 6.39. The topological polar surface area (TPSA) is 44.2 Å². The molecule has 1 aliphatic rings. The summed E-state index contributed by atoms with van der Waals surface area (Å²) in [5, 5.41) is 1.68. The maximum Gasteiger partial charge on any atom is 2.00 e. The minimum absolute atomic E-state index is 0. The third kappa shape index (κ3) is 6.29. The van der Waals surface area contributed by atoms with Crippen LogP contribution in [0.25, 0.3) is 44.4 Å². The molecule has 4 nitrogen and oxygen atoms in total. The van der Waals surface area contributed by atoms with E-state index in [0.29, 0.717) is 39.8 Å². The number of ether oxygens (including phenoxy) is 2. The van der Waals surface area contributed by atoms with Gasteiger partial charge in [-0.15, -0.1) is 34.4 Å². The molecular formula is C39H29F3N2O2Pt. The van der Waals surface area contributed by atoms with Crippen LogP contribution in [0.2, 0.25) is 0 Å². The van der Waals surface area contributed by atoms with E-state index in [1.165, 1.54) is 13.8 Å². The van der Waals surface area contributed by atoms with Gasteiger partial charge in [0.15, 0.2) is 0 Å². The van der Waals surface area contributed by atoms with Crippen LogP contribution >= 0.6 is 0 Å². The third-order valence-corrected chi connectivity index (χ3v) is 8.21. The standard InChI is InChI=1S/C39H29F3N2O2.Pt/c1-23-14-27(33-10-5-6-12-43-33)20-29(16-23)45-30-17-24(2)15-28(21-30)36-37-32(11-13-44-36)31-9-7-8-26-18-25(19-34(46-37)35(26)31)22-38(3,4)39(40,41)42;/h5-19H,22H2,1-4H3;/q-2;+2. The van der Waals surface area contributed by atoms with Gasteiger partial charge in [0, 0.05) is 40.5 Å². The van der Waals surface area contributed by atoms with Crippen LogP contribution in [0.3, 0.4) is 0 Å². The molecule has 0 atom stereocenters. The Labute approximate surface area is 285 Å². The van der Waals surface area contributed by atoms with E-state index >= 15 is 0 Å². The second-order valence-corrected chi connectivity index (χ2v) is 12.4. The molecule has 0 amide bonds. The van der Waals surface area contributed by atoms with Crippen molar-refractivity contribution in [2.75, 3.05) is 0 Å². The molecule has 0 aliphatic carbocycles. The Bertz CT molecular complexity index is 2130. The number of hydrogen-bond donors (Lipinski definition) is 0. The number of hydrogen-bond acceptors (Lipinski definition) is 4. The average Bonchev–Trinajstić information content (AvgIpc) is 3.00. The number of rotatable bonds is 6. The van der Waals surface area contributed by atoms with Crippen LogP contribution in [0.5, 0.6) is 23.0 Å². The van der Waals surface area contributed by atoms with Gasteiger partial charge in [0.1, 0.15) is 11.5 Å². The number of alkyl halides is 3. The van der Waals surface area contributed by atoms with Crippen LogP contribution in [-0.2, 0) is 27.5 Å². The molecule has 0 radical (unpaired) electrons. The molecule has 1 aliphatic heterocycles. The largest absolute Gasteiger partial charge is 2.00 e. The zero-order valence-electron chi connectivity index (χ0n) is 26.0. The fraction of sp³-hybridized carbons (Fsp3) is 0.179. The number of benzene rings is 4. The second-order valence-electron chi connectivity index (χ2n) is 12.4. The maximum absolute atomic E-state index is 13.8. The Balaban J connectivity index is 0.00000386. The molecule has 3 heterocycles. The van der Waals surface area contributed by atoms with E-state index < -0.39 is 11.6 Å². The summed E-state index contributed by atoms with van der Waals surface area (Å²) in [6.07, 6.45) is -1.05. The van der Waals surface area contributed by atoms with E-state index in [9.17, 15) is 13.2 Å². The second kappa shape index (κ2) is 12.3. The molecule has 0 fully saturated rings. The van der Waals surface area contributed by atoms with Gasteiger partial charge in [0.2, 0.25) is 0 Å². The SMILES string of the molecule is Cc1cc(Oc2[c-]c(-c3nccc4c3Oc3cc(CC(C)(C)C(F)(F)F)cc5cccc-4c35)cc(C)c2)[c-]c(-c2ccccn2)c1.[Pt+2]. The Morgan fingerprint density at radius 3 is 2.19 bits per heavy atom. The number of nitrogens with zero attached hydrogens (tertiary/aromatic N) is 2. The van der Waals surface area contributed by atoms with Gasteiger partial charge in [-0.2, -0.15) is 13.2 Å². The number of aromatic nitrogens is 2. The minimum atomic E-state index is -4.34. The molecule has 0 N–H and O–H groups in total. The number of pyridine rings is 2. The molecule has 2 aromatic heterocycles. The maximum atomic E-state index is 13.8. The predicted octanol–water partition coefficient (Wildman–Crippen LogP) is 10.9. The van der Waals surface area contributed by atoms with Gasteiger partial charge in [0.05, 0.1) is 5.41 Å². The molecule has 0 bridgehead atoms. The van der Waals surface area contributed by atoms with E-state index in [4.69, 9.17) is 14.5 Å². The molecule has 0 spiro atoms. The van der Waals surface area contributed by atoms with Crippen LogP contribution in [0.1, 0.15) is 30.5 Å². The van der Waals surface area contributed by atoms with Crippen molar-refractivity contribution in [2.24, 2.45) is 5.41 Å². The normalized spacial score (nSPS) is 12.2. The summed E-state index contributed by atoms with van der Waals surface area (Å²) in [4.78, 5) is 9.14. The van der Waals surface area contributed by atoms with E-state index in [-0.39, 0.29) is 27.5 Å². The first-order valence-corrected chi connectivity index (χ1v) is 14.9. The van der Waals surface area contributed by atoms with Gasteiger partial charge in [-0.25, -0.2) is 0 Å². The molecule has 4 aromatic carbocycles. The first-order chi connectivity index (χ1) is 21.9. The van der Waals surface area contributed by atoms with Crippen LogP contribution in [0.4, 0.5) is 13.2 Å². The summed E-state index contributed by atoms with van der Waals surface area (Å²) in [6, 6.07) is 31.4. The number of fused-ring (bicyclic) bond motifs is 2. The van der Waals surface area contributed by atoms with Crippen molar-refractivity contribution >= 4 is 10.8 Å². The Hall–Kier alpha value is -4.48. The summed E-state index contributed by atoms with van der Waals surface area (Å²) < 4.78 is 54.2. The summed E-state index contributed by atoms with van der Waals surface area (Å²) >= 11 is 0. The zero-order valence-corrected chi connectivity index (χ0v) is 28.3. The fourth-order valence-electron chi connectivity index (χ4n) is 5.91. The van der Waals surface area contributed by atoms with Gasteiger partial charge < -0.3 is 19.4 Å². The molecule has 8 heteroatoms. The van der Waals surface area contributed by atoms with E-state index in [1.54, 1.807) is 18.5 Å². The minimum Gasteiger partial charge on any atom is -0.497 e. The van der Waals surface area contributed by atoms with Gasteiger partial charge in [-0.1, -0.05) is 88.4 Å². The predicted molar refractivity (Wildman–Crippen MR) is 173 cm³/mol. The Morgan fingerprint density at radius 1 is 0.766 bits per heavy atom. The fourth-order valence-corrected chi connectivity index (χ4v) is 5.91. The van der Waals surface area contributed by atoms with Crippen molar-refractivity contribution in [1.82, 2.24) is 9.97 Å². The molecule has 47 heavy (non-hydrogen) atoms. The summed E-state index contributed by atoms with van der Waals surface area (Å²) in [7, 11) is 0. The van der Waals surface area contributed by atoms with E-state index in [0.717, 1.165) is 44.3 Å². The van der Waals surface area contributed by atoms with Crippen LogP contribution in [0.15, 0.2) is 91.3 Å². The van der Waals surface area contributed by atoms with Crippen molar-refractivity contribution in [2.45, 2.75) is 40.3 Å². The Morgan fingerprint density at radius 2 is 1.49 bits per heavy atom. The molecule has 238 valence electrons. The quantitative estimate of drug-likeness (QED) is 0.157. The molecule has 0 saturated carbocycles. The molecule has 0 saturated heterocycles. The summed E-state index contributed by atoms with van der Waals surface area (Å²) in [5.74, 6) is 2.03. The van der Waals surface area contributed by atoms with Crippen molar-refractivity contribution in [1.29, 1.82) is 0 Å². The number of aryl methyl sites for hydroxylation is 2. The molecular weight excluding hydrogens is 781 g/mol. The van der Waals surface area contributed by atoms with Crippen LogP contribution in [-0.4, -0.2) is 16.1 Å². The smallest absolute Gasteiger partial charge is 0.497 e. The Kier molecular flexibility index (Phi) is 8.48. The molecule has 0 unspecified atom stereocenters. The van der Waals surface area contributed by atoms with Crippen molar-refractivity contribution in [3.63, 3.8) is 0 Å².